The van der Waals surface area contributed by atoms with Crippen molar-refractivity contribution in [3.8, 4) is 11.5 Å². The van der Waals surface area contributed by atoms with Gasteiger partial charge in [0.25, 0.3) is 0 Å². The number of esters is 3. The molecule has 274 valence electrons. The molecule has 0 bridgehead atoms. The molecule has 0 amide bonds. The Labute approximate surface area is 288 Å². The first-order chi connectivity index (χ1) is 23.1. The van der Waals surface area contributed by atoms with E-state index in [4.69, 9.17) is 29.4 Å². The Hall–Kier alpha value is -3.75. The number of rotatable bonds is 21. The lowest BCUT2D eigenvalue weighted by atomic mass is 9.96. The predicted octanol–water partition coefficient (Wildman–Crippen LogP) is 3.18. The molecule has 0 saturated carbocycles. The molecule has 0 aliphatic heterocycles. The van der Waals surface area contributed by atoms with Crippen molar-refractivity contribution in [2.45, 2.75) is 102 Å². The average molecular weight is 692 g/mol. The van der Waals surface area contributed by atoms with Gasteiger partial charge in [-0.25, -0.2) is 9.59 Å². The van der Waals surface area contributed by atoms with E-state index in [1.165, 1.54) is 26.4 Å². The Balaban J connectivity index is 1.91. The fraction of sp³-hybridized carbons (Fsp3) is 0.583. The monoisotopic (exact) mass is 691 g/mol. The second-order valence-electron chi connectivity index (χ2n) is 13.1. The van der Waals surface area contributed by atoms with Crippen molar-refractivity contribution in [2.75, 3.05) is 27.4 Å². The fourth-order valence-corrected chi connectivity index (χ4v) is 4.96. The number of carbonyl (C=O) groups excluding carboxylic acids is 3. The number of hydrogen-bond acceptors (Lipinski definition) is 13. The van der Waals surface area contributed by atoms with Gasteiger partial charge in [-0.15, -0.1) is 0 Å². The van der Waals surface area contributed by atoms with Crippen molar-refractivity contribution in [3.63, 3.8) is 0 Å². The lowest BCUT2D eigenvalue weighted by Crippen LogP contribution is -2.31. The van der Waals surface area contributed by atoms with Gasteiger partial charge in [0, 0.05) is 19.3 Å². The smallest absolute Gasteiger partial charge is 0.338 e. The van der Waals surface area contributed by atoms with Crippen molar-refractivity contribution in [1.82, 2.24) is 0 Å². The topological polar surface area (TPSA) is 204 Å². The summed E-state index contributed by atoms with van der Waals surface area (Å²) in [5.74, 6) is -0.510. The van der Waals surface area contributed by atoms with Crippen LogP contribution in [0.2, 0.25) is 0 Å². The van der Waals surface area contributed by atoms with Crippen LogP contribution < -0.4 is 15.2 Å². The summed E-state index contributed by atoms with van der Waals surface area (Å²) in [6.45, 7) is 5.30. The highest BCUT2D eigenvalue weighted by Gasteiger charge is 2.27. The minimum atomic E-state index is -1.15. The molecule has 49 heavy (non-hydrogen) atoms. The second kappa shape index (κ2) is 20.7. The van der Waals surface area contributed by atoms with E-state index in [-0.39, 0.29) is 57.2 Å². The zero-order valence-electron chi connectivity index (χ0n) is 29.1. The molecule has 0 aliphatic rings. The van der Waals surface area contributed by atoms with Crippen LogP contribution in [-0.4, -0.2) is 102 Å². The van der Waals surface area contributed by atoms with E-state index in [9.17, 15) is 34.8 Å². The Morgan fingerprint density at radius 3 is 1.35 bits per heavy atom. The number of methoxy groups -OCH3 is 2. The molecule has 0 unspecified atom stereocenters. The van der Waals surface area contributed by atoms with Gasteiger partial charge < -0.3 is 49.8 Å². The number of carbonyl (C=O) groups is 3. The molecule has 6 N–H and O–H groups in total. The van der Waals surface area contributed by atoms with E-state index >= 15 is 0 Å². The number of benzene rings is 2. The lowest BCUT2D eigenvalue weighted by Gasteiger charge is -2.25. The van der Waals surface area contributed by atoms with Crippen LogP contribution in [0.4, 0.5) is 0 Å². The first kappa shape index (κ1) is 41.4. The van der Waals surface area contributed by atoms with Crippen LogP contribution in [0.3, 0.4) is 0 Å². The van der Waals surface area contributed by atoms with Gasteiger partial charge >= 0.3 is 17.9 Å². The third kappa shape index (κ3) is 15.6. The first-order valence-electron chi connectivity index (χ1n) is 16.4. The maximum Gasteiger partial charge on any atom is 0.338 e. The zero-order valence-corrected chi connectivity index (χ0v) is 29.1. The van der Waals surface area contributed by atoms with Crippen molar-refractivity contribution in [2.24, 2.45) is 11.1 Å². The molecule has 2 aromatic carbocycles. The summed E-state index contributed by atoms with van der Waals surface area (Å²) in [5.41, 5.74) is 5.53. The standard InChI is InChI=1S/C36H53NO12/c1-36(2,3)35(44)47-17-15-32(49-34(43)24-8-12-30(46-5)13-9-24)22-28(41)20-26(39)18-25(38)19-27(40)21-31(14-16-37)48-33(42)23-6-10-29(45-4)11-7-23/h6-13,25-28,31-32,38-41H,14-22,37H2,1-5H3/t25-,26+,27-,28+,31-,32+/m1/s1. The van der Waals surface area contributed by atoms with Gasteiger partial charge in [0.1, 0.15) is 23.7 Å². The second-order valence-corrected chi connectivity index (χ2v) is 13.1. The highest BCUT2D eigenvalue weighted by atomic mass is 16.6. The van der Waals surface area contributed by atoms with Crippen LogP contribution in [0.25, 0.3) is 0 Å². The molecule has 0 heterocycles. The first-order valence-corrected chi connectivity index (χ1v) is 16.4. The lowest BCUT2D eigenvalue weighted by molar-refractivity contribution is -0.153. The van der Waals surface area contributed by atoms with E-state index in [0.29, 0.717) is 23.5 Å². The van der Waals surface area contributed by atoms with Crippen molar-refractivity contribution >= 4 is 17.9 Å². The minimum absolute atomic E-state index is 0.0237. The molecule has 0 radical (unpaired) electrons. The SMILES string of the molecule is COc1ccc(C(=O)O[C@H](CCN)C[C@H](O)C[C@H](O)C[C@H](O)C[C@H](O)C[C@H](CCOC(=O)C(C)(C)C)OC(=O)c2ccc(OC)cc2)cc1. The van der Waals surface area contributed by atoms with Gasteiger partial charge in [-0.3, -0.25) is 4.79 Å². The van der Waals surface area contributed by atoms with Crippen LogP contribution in [0.5, 0.6) is 11.5 Å². The van der Waals surface area contributed by atoms with Gasteiger partial charge in [-0.05, 0) is 102 Å². The van der Waals surface area contributed by atoms with Crippen molar-refractivity contribution < 1.29 is 58.5 Å². The molecule has 0 saturated heterocycles. The Bertz CT molecular complexity index is 1280. The summed E-state index contributed by atoms with van der Waals surface area (Å²) in [6.07, 6.45) is -6.09. The van der Waals surface area contributed by atoms with Crippen LogP contribution in [0.1, 0.15) is 86.4 Å². The van der Waals surface area contributed by atoms with E-state index in [0.717, 1.165) is 0 Å². The fourth-order valence-electron chi connectivity index (χ4n) is 4.96. The minimum Gasteiger partial charge on any atom is -0.497 e. The summed E-state index contributed by atoms with van der Waals surface area (Å²) in [6, 6.07) is 12.7. The molecule has 13 nitrogen and oxygen atoms in total. The number of hydrogen-bond donors (Lipinski definition) is 5. The van der Waals surface area contributed by atoms with Crippen LogP contribution in [-0.2, 0) is 19.0 Å². The summed E-state index contributed by atoms with van der Waals surface area (Å²) >= 11 is 0. The van der Waals surface area contributed by atoms with Gasteiger partial charge in [-0.1, -0.05) is 0 Å². The molecule has 0 fully saturated rings. The Kier molecular flexibility index (Phi) is 17.5. The van der Waals surface area contributed by atoms with Gasteiger partial charge in [-0.2, -0.15) is 0 Å². The van der Waals surface area contributed by atoms with Crippen molar-refractivity contribution in [3.05, 3.63) is 59.7 Å². The van der Waals surface area contributed by atoms with Gasteiger partial charge in [0.15, 0.2) is 0 Å². The van der Waals surface area contributed by atoms with Crippen LogP contribution in [0, 0.1) is 5.41 Å². The van der Waals surface area contributed by atoms with E-state index in [1.807, 2.05) is 0 Å². The number of aliphatic hydroxyl groups excluding tert-OH is 4. The number of aliphatic hydroxyl groups is 4. The molecular weight excluding hydrogens is 638 g/mol. The summed E-state index contributed by atoms with van der Waals surface area (Å²) in [4.78, 5) is 37.6. The molecular formula is C36H53NO12. The number of ether oxygens (including phenoxy) is 5. The maximum absolute atomic E-state index is 12.8. The van der Waals surface area contributed by atoms with Crippen LogP contribution >= 0.6 is 0 Å². The van der Waals surface area contributed by atoms with E-state index in [1.54, 1.807) is 57.2 Å². The third-order valence-electron chi connectivity index (χ3n) is 7.68. The summed E-state index contributed by atoms with van der Waals surface area (Å²) < 4.78 is 26.7. The molecule has 0 aliphatic carbocycles. The maximum atomic E-state index is 12.8. The third-order valence-corrected chi connectivity index (χ3v) is 7.68. The molecule has 0 aromatic heterocycles. The molecule has 2 rings (SSSR count). The number of nitrogens with two attached hydrogens (primary N) is 1. The largest absolute Gasteiger partial charge is 0.497 e. The highest BCUT2D eigenvalue weighted by molar-refractivity contribution is 5.90. The van der Waals surface area contributed by atoms with Gasteiger partial charge in [0.2, 0.25) is 0 Å². The normalized spacial score (nSPS) is 15.2. The average Bonchev–Trinajstić information content (AvgIpc) is 3.03. The Morgan fingerprint density at radius 2 is 1.00 bits per heavy atom. The van der Waals surface area contributed by atoms with E-state index < -0.39 is 59.9 Å². The van der Waals surface area contributed by atoms with E-state index in [2.05, 4.69) is 0 Å². The predicted molar refractivity (Wildman–Crippen MR) is 180 cm³/mol. The summed E-state index contributed by atoms with van der Waals surface area (Å²) in [5, 5.41) is 42.6. The molecule has 0 spiro atoms. The van der Waals surface area contributed by atoms with Gasteiger partial charge in [0.05, 0.1) is 61.8 Å². The van der Waals surface area contributed by atoms with Crippen molar-refractivity contribution in [1.29, 1.82) is 0 Å². The molecule has 2 aromatic rings. The Morgan fingerprint density at radius 1 is 0.633 bits per heavy atom. The zero-order chi connectivity index (χ0) is 36.6. The quantitative estimate of drug-likeness (QED) is 0.0944. The summed E-state index contributed by atoms with van der Waals surface area (Å²) in [7, 11) is 3.02. The highest BCUT2D eigenvalue weighted by Crippen LogP contribution is 2.21. The molecule has 13 heteroatoms. The van der Waals surface area contributed by atoms with Crippen LogP contribution in [0.15, 0.2) is 48.5 Å². The molecule has 6 atom stereocenters.